The van der Waals surface area contributed by atoms with Gasteiger partial charge in [0.25, 0.3) is 0 Å². The van der Waals surface area contributed by atoms with Gasteiger partial charge in [-0.25, -0.2) is 0 Å². The SMILES string of the molecule is CCN(CC)Cc1ccccc1CNC(=O)CCc1ccsc1. The van der Waals surface area contributed by atoms with Gasteiger partial charge in [0.15, 0.2) is 0 Å². The van der Waals surface area contributed by atoms with E-state index in [1.54, 1.807) is 11.3 Å². The summed E-state index contributed by atoms with van der Waals surface area (Å²) in [6, 6.07) is 10.5. The highest BCUT2D eigenvalue weighted by molar-refractivity contribution is 7.07. The molecule has 1 heterocycles. The summed E-state index contributed by atoms with van der Waals surface area (Å²) in [5.41, 5.74) is 3.75. The van der Waals surface area contributed by atoms with Gasteiger partial charge in [-0.05, 0) is 53.0 Å². The molecular formula is C19H26N2OS. The number of nitrogens with one attached hydrogen (secondary N) is 1. The van der Waals surface area contributed by atoms with E-state index in [-0.39, 0.29) is 5.91 Å². The number of carbonyl (C=O) groups excluding carboxylic acids is 1. The molecule has 4 heteroatoms. The molecule has 1 amide bonds. The van der Waals surface area contributed by atoms with E-state index < -0.39 is 0 Å². The molecule has 0 aliphatic rings. The first-order chi connectivity index (χ1) is 11.2. The molecule has 124 valence electrons. The Balaban J connectivity index is 1.86. The topological polar surface area (TPSA) is 32.3 Å². The van der Waals surface area contributed by atoms with E-state index in [4.69, 9.17) is 0 Å². The van der Waals surface area contributed by atoms with Gasteiger partial charge in [0, 0.05) is 19.5 Å². The van der Waals surface area contributed by atoms with Gasteiger partial charge in [-0.2, -0.15) is 11.3 Å². The van der Waals surface area contributed by atoms with Gasteiger partial charge >= 0.3 is 0 Å². The molecule has 0 bridgehead atoms. The van der Waals surface area contributed by atoms with Crippen molar-refractivity contribution in [2.24, 2.45) is 0 Å². The van der Waals surface area contributed by atoms with Crippen molar-refractivity contribution >= 4 is 17.2 Å². The zero-order chi connectivity index (χ0) is 16.5. The molecule has 0 aliphatic heterocycles. The van der Waals surface area contributed by atoms with Crippen molar-refractivity contribution in [3.8, 4) is 0 Å². The minimum Gasteiger partial charge on any atom is -0.352 e. The van der Waals surface area contributed by atoms with E-state index in [0.717, 1.165) is 26.1 Å². The third-order valence-electron chi connectivity index (χ3n) is 4.10. The molecule has 0 saturated carbocycles. The fourth-order valence-electron chi connectivity index (χ4n) is 2.55. The second kappa shape index (κ2) is 9.48. The zero-order valence-electron chi connectivity index (χ0n) is 14.0. The van der Waals surface area contributed by atoms with Crippen LogP contribution < -0.4 is 5.32 Å². The largest absolute Gasteiger partial charge is 0.352 e. The summed E-state index contributed by atoms with van der Waals surface area (Å²) >= 11 is 1.68. The maximum atomic E-state index is 12.0. The van der Waals surface area contributed by atoms with E-state index in [1.165, 1.54) is 16.7 Å². The molecule has 1 aromatic carbocycles. The summed E-state index contributed by atoms with van der Waals surface area (Å²) in [5.74, 6) is 0.119. The average Bonchev–Trinajstić information content (AvgIpc) is 3.10. The van der Waals surface area contributed by atoms with Gasteiger partial charge in [0.05, 0.1) is 0 Å². The molecule has 0 saturated heterocycles. The Hall–Kier alpha value is -1.65. The molecule has 0 radical (unpaired) electrons. The fourth-order valence-corrected chi connectivity index (χ4v) is 3.25. The van der Waals surface area contributed by atoms with Crippen LogP contribution in [0.3, 0.4) is 0 Å². The predicted octanol–water partition coefficient (Wildman–Crippen LogP) is 3.84. The van der Waals surface area contributed by atoms with Crippen molar-refractivity contribution in [1.82, 2.24) is 10.2 Å². The molecule has 3 nitrogen and oxygen atoms in total. The Morgan fingerprint density at radius 1 is 1.13 bits per heavy atom. The number of hydrogen-bond acceptors (Lipinski definition) is 3. The van der Waals surface area contributed by atoms with Crippen LogP contribution in [-0.2, 0) is 24.3 Å². The summed E-state index contributed by atoms with van der Waals surface area (Å²) in [7, 11) is 0. The minimum atomic E-state index is 0.119. The van der Waals surface area contributed by atoms with Crippen LogP contribution in [0.4, 0.5) is 0 Å². The third kappa shape index (κ3) is 5.81. The molecule has 0 spiro atoms. The molecule has 23 heavy (non-hydrogen) atoms. The lowest BCUT2D eigenvalue weighted by Crippen LogP contribution is -2.26. The lowest BCUT2D eigenvalue weighted by atomic mass is 10.1. The van der Waals surface area contributed by atoms with Gasteiger partial charge in [-0.1, -0.05) is 38.1 Å². The highest BCUT2D eigenvalue weighted by atomic mass is 32.1. The van der Waals surface area contributed by atoms with Crippen LogP contribution in [0.5, 0.6) is 0 Å². The summed E-state index contributed by atoms with van der Waals surface area (Å²) in [4.78, 5) is 14.4. The predicted molar refractivity (Wildman–Crippen MR) is 97.6 cm³/mol. The summed E-state index contributed by atoms with van der Waals surface area (Å²) < 4.78 is 0. The van der Waals surface area contributed by atoms with Crippen molar-refractivity contribution in [1.29, 1.82) is 0 Å². The van der Waals surface area contributed by atoms with Crippen LogP contribution in [0.2, 0.25) is 0 Å². The van der Waals surface area contributed by atoms with Crippen molar-refractivity contribution in [3.63, 3.8) is 0 Å². The van der Waals surface area contributed by atoms with E-state index in [1.807, 2.05) is 6.07 Å². The summed E-state index contributed by atoms with van der Waals surface area (Å²) in [5, 5.41) is 7.21. The van der Waals surface area contributed by atoms with Crippen molar-refractivity contribution in [2.45, 2.75) is 39.8 Å². The van der Waals surface area contributed by atoms with Crippen LogP contribution in [0.15, 0.2) is 41.1 Å². The number of aryl methyl sites for hydroxylation is 1. The number of rotatable bonds is 9. The first-order valence-electron chi connectivity index (χ1n) is 8.29. The van der Waals surface area contributed by atoms with Gasteiger partial charge in [-0.3, -0.25) is 9.69 Å². The highest BCUT2D eigenvalue weighted by Gasteiger charge is 2.08. The van der Waals surface area contributed by atoms with E-state index in [2.05, 4.69) is 59.1 Å². The highest BCUT2D eigenvalue weighted by Crippen LogP contribution is 2.12. The quantitative estimate of drug-likeness (QED) is 0.757. The fraction of sp³-hybridized carbons (Fsp3) is 0.421. The molecule has 1 aromatic heterocycles. The smallest absolute Gasteiger partial charge is 0.220 e. The zero-order valence-corrected chi connectivity index (χ0v) is 14.9. The molecule has 1 N–H and O–H groups in total. The minimum absolute atomic E-state index is 0.119. The summed E-state index contributed by atoms with van der Waals surface area (Å²) in [6.45, 7) is 7.99. The van der Waals surface area contributed by atoms with Crippen LogP contribution in [-0.4, -0.2) is 23.9 Å². The normalized spacial score (nSPS) is 10.9. The molecule has 0 unspecified atom stereocenters. The van der Waals surface area contributed by atoms with Gasteiger partial charge in [-0.15, -0.1) is 0 Å². The van der Waals surface area contributed by atoms with Crippen LogP contribution in [0.25, 0.3) is 0 Å². The number of amides is 1. The van der Waals surface area contributed by atoms with Crippen molar-refractivity contribution in [3.05, 3.63) is 57.8 Å². The van der Waals surface area contributed by atoms with E-state index >= 15 is 0 Å². The monoisotopic (exact) mass is 330 g/mol. The standard InChI is InChI=1S/C19H26N2OS/c1-3-21(4-2)14-18-8-6-5-7-17(18)13-20-19(22)10-9-16-11-12-23-15-16/h5-8,11-12,15H,3-4,9-10,13-14H2,1-2H3,(H,20,22). The molecule has 2 rings (SSSR count). The first kappa shape index (κ1) is 17.7. The Kier molecular flexibility index (Phi) is 7.30. The van der Waals surface area contributed by atoms with Gasteiger partial charge in [0.2, 0.25) is 5.91 Å². The molecular weight excluding hydrogens is 304 g/mol. The number of hydrogen-bond donors (Lipinski definition) is 1. The second-order valence-electron chi connectivity index (χ2n) is 5.64. The van der Waals surface area contributed by atoms with Crippen LogP contribution in [0, 0.1) is 0 Å². The lowest BCUT2D eigenvalue weighted by Gasteiger charge is -2.20. The van der Waals surface area contributed by atoms with Crippen LogP contribution >= 0.6 is 11.3 Å². The Morgan fingerprint density at radius 2 is 1.87 bits per heavy atom. The maximum Gasteiger partial charge on any atom is 0.220 e. The Labute approximate surface area is 143 Å². The second-order valence-corrected chi connectivity index (χ2v) is 6.42. The maximum absolute atomic E-state index is 12.0. The molecule has 0 fully saturated rings. The van der Waals surface area contributed by atoms with Gasteiger partial charge in [0.1, 0.15) is 0 Å². The number of thiophene rings is 1. The average molecular weight is 330 g/mol. The molecule has 0 aliphatic carbocycles. The van der Waals surface area contributed by atoms with E-state index in [9.17, 15) is 4.79 Å². The first-order valence-corrected chi connectivity index (χ1v) is 9.24. The van der Waals surface area contributed by atoms with Crippen molar-refractivity contribution < 1.29 is 4.79 Å². The van der Waals surface area contributed by atoms with Crippen LogP contribution in [0.1, 0.15) is 37.0 Å². The number of nitrogens with zero attached hydrogens (tertiary/aromatic N) is 1. The Morgan fingerprint density at radius 3 is 2.52 bits per heavy atom. The lowest BCUT2D eigenvalue weighted by molar-refractivity contribution is -0.121. The number of benzene rings is 1. The van der Waals surface area contributed by atoms with Crippen molar-refractivity contribution in [2.75, 3.05) is 13.1 Å². The molecule has 2 aromatic rings. The Bertz CT molecular complexity index is 591. The van der Waals surface area contributed by atoms with E-state index in [0.29, 0.717) is 13.0 Å². The number of carbonyl (C=O) groups is 1. The molecule has 0 atom stereocenters. The summed E-state index contributed by atoms with van der Waals surface area (Å²) in [6.07, 6.45) is 1.37. The van der Waals surface area contributed by atoms with Gasteiger partial charge < -0.3 is 5.32 Å². The third-order valence-corrected chi connectivity index (χ3v) is 4.84.